The minimum Gasteiger partial charge on any atom is -0.465 e. The Morgan fingerprint density at radius 1 is 1.36 bits per heavy atom. The maximum Gasteiger partial charge on any atom is 0.407 e. The third-order valence-electron chi connectivity index (χ3n) is 3.10. The lowest BCUT2D eigenvalue weighted by Gasteiger charge is -2.09. The van der Waals surface area contributed by atoms with Crippen molar-refractivity contribution in [3.05, 3.63) is 46.0 Å². The lowest BCUT2D eigenvalue weighted by atomic mass is 10.0. The Hall–Kier alpha value is -2.78. The first-order chi connectivity index (χ1) is 10.4. The van der Waals surface area contributed by atoms with E-state index in [4.69, 9.17) is 9.52 Å². The van der Waals surface area contributed by atoms with Crippen LogP contribution in [0.5, 0.6) is 0 Å². The van der Waals surface area contributed by atoms with E-state index < -0.39 is 17.8 Å². The summed E-state index contributed by atoms with van der Waals surface area (Å²) in [6.07, 6.45) is -2.09. The van der Waals surface area contributed by atoms with Gasteiger partial charge >= 0.3 is 11.7 Å². The molecule has 0 aliphatic heterocycles. The standard InChI is InChI=1S/C16H15NO5/c1-10(18)14-12(8-5-9-17(2)16(20)21)11-6-3-4-7-13(11)15(19)22-14/h3-4,6-7,10,18H,9H2,1-2H3,(H,20,21). The lowest BCUT2D eigenvalue weighted by molar-refractivity contribution is 0.161. The predicted molar refractivity (Wildman–Crippen MR) is 80.7 cm³/mol. The molecule has 0 saturated carbocycles. The Morgan fingerprint density at radius 2 is 2.00 bits per heavy atom. The zero-order chi connectivity index (χ0) is 16.3. The zero-order valence-electron chi connectivity index (χ0n) is 12.2. The number of nitrogens with zero attached hydrogens (tertiary/aromatic N) is 1. The highest BCUT2D eigenvalue weighted by Crippen LogP contribution is 2.23. The van der Waals surface area contributed by atoms with E-state index >= 15 is 0 Å². The molecule has 6 nitrogen and oxygen atoms in total. The molecular formula is C16H15NO5. The second-order valence-electron chi connectivity index (χ2n) is 4.79. The van der Waals surface area contributed by atoms with Crippen LogP contribution in [0.25, 0.3) is 10.8 Å². The Labute approximate surface area is 126 Å². The fourth-order valence-corrected chi connectivity index (χ4v) is 1.95. The number of hydrogen-bond donors (Lipinski definition) is 2. The van der Waals surface area contributed by atoms with Gasteiger partial charge in [0, 0.05) is 12.4 Å². The van der Waals surface area contributed by atoms with Gasteiger partial charge in [0.05, 0.1) is 17.5 Å². The van der Waals surface area contributed by atoms with E-state index in [2.05, 4.69) is 11.8 Å². The van der Waals surface area contributed by atoms with Crippen molar-refractivity contribution in [3.8, 4) is 11.8 Å². The van der Waals surface area contributed by atoms with Gasteiger partial charge in [-0.15, -0.1) is 0 Å². The van der Waals surface area contributed by atoms with Gasteiger partial charge in [0.2, 0.25) is 0 Å². The van der Waals surface area contributed by atoms with Crippen molar-refractivity contribution >= 4 is 16.9 Å². The van der Waals surface area contributed by atoms with Gasteiger partial charge in [0.15, 0.2) is 5.76 Å². The van der Waals surface area contributed by atoms with Gasteiger partial charge in [-0.2, -0.15) is 0 Å². The molecule has 114 valence electrons. The molecule has 0 aliphatic carbocycles. The van der Waals surface area contributed by atoms with Crippen molar-refractivity contribution in [2.75, 3.05) is 13.6 Å². The summed E-state index contributed by atoms with van der Waals surface area (Å²) in [7, 11) is 1.40. The molecule has 1 aromatic carbocycles. The molecule has 1 atom stereocenters. The topological polar surface area (TPSA) is 91.0 Å². The van der Waals surface area contributed by atoms with Crippen molar-refractivity contribution < 1.29 is 19.4 Å². The first-order valence-corrected chi connectivity index (χ1v) is 6.58. The molecule has 6 heteroatoms. The van der Waals surface area contributed by atoms with Crippen LogP contribution in [-0.4, -0.2) is 34.8 Å². The molecule has 0 bridgehead atoms. The van der Waals surface area contributed by atoms with Gasteiger partial charge in [-0.1, -0.05) is 30.0 Å². The maximum atomic E-state index is 11.9. The predicted octanol–water partition coefficient (Wildman–Crippen LogP) is 1.81. The Bertz CT molecular complexity index is 826. The Balaban J connectivity index is 2.58. The number of aliphatic hydroxyl groups excluding tert-OH is 1. The smallest absolute Gasteiger partial charge is 0.407 e. The average Bonchev–Trinajstić information content (AvgIpc) is 2.48. The molecule has 0 spiro atoms. The van der Waals surface area contributed by atoms with E-state index in [1.807, 2.05) is 0 Å². The van der Waals surface area contributed by atoms with Crippen molar-refractivity contribution in [2.45, 2.75) is 13.0 Å². The summed E-state index contributed by atoms with van der Waals surface area (Å²) >= 11 is 0. The van der Waals surface area contributed by atoms with E-state index in [1.54, 1.807) is 24.3 Å². The molecule has 0 fully saturated rings. The summed E-state index contributed by atoms with van der Waals surface area (Å²) in [6, 6.07) is 6.78. The van der Waals surface area contributed by atoms with Crippen LogP contribution in [0.3, 0.4) is 0 Å². The largest absolute Gasteiger partial charge is 0.465 e. The number of rotatable bonds is 2. The fourth-order valence-electron chi connectivity index (χ4n) is 1.95. The summed E-state index contributed by atoms with van der Waals surface area (Å²) in [5.74, 6) is 5.59. The first-order valence-electron chi connectivity index (χ1n) is 6.58. The summed E-state index contributed by atoms with van der Waals surface area (Å²) in [5.41, 5.74) is -0.149. The van der Waals surface area contributed by atoms with E-state index in [0.717, 1.165) is 4.90 Å². The molecule has 1 unspecified atom stereocenters. The molecule has 2 N–H and O–H groups in total. The molecule has 1 heterocycles. The average molecular weight is 301 g/mol. The van der Waals surface area contributed by atoms with E-state index in [1.165, 1.54) is 14.0 Å². The Morgan fingerprint density at radius 3 is 2.59 bits per heavy atom. The summed E-state index contributed by atoms with van der Waals surface area (Å²) < 4.78 is 5.15. The quantitative estimate of drug-likeness (QED) is 0.825. The molecule has 0 saturated heterocycles. The van der Waals surface area contributed by atoms with Gasteiger partial charge < -0.3 is 19.5 Å². The monoisotopic (exact) mass is 301 g/mol. The van der Waals surface area contributed by atoms with Crippen molar-refractivity contribution in [1.82, 2.24) is 4.90 Å². The number of carbonyl (C=O) groups is 1. The van der Waals surface area contributed by atoms with Gasteiger partial charge in [0.1, 0.15) is 6.10 Å². The van der Waals surface area contributed by atoms with Crippen LogP contribution in [0.15, 0.2) is 33.5 Å². The van der Waals surface area contributed by atoms with Gasteiger partial charge in [-0.05, 0) is 13.0 Å². The van der Waals surface area contributed by atoms with Crippen molar-refractivity contribution in [2.24, 2.45) is 0 Å². The molecular weight excluding hydrogens is 286 g/mol. The SMILES string of the molecule is CC(O)c1oc(=O)c2ccccc2c1C#CCN(C)C(=O)O. The van der Waals surface area contributed by atoms with Crippen molar-refractivity contribution in [3.63, 3.8) is 0 Å². The number of aliphatic hydroxyl groups is 1. The fraction of sp³-hybridized carbons (Fsp3) is 0.250. The molecule has 2 aromatic rings. The van der Waals surface area contributed by atoms with Crippen LogP contribution < -0.4 is 5.63 Å². The first kappa shape index (κ1) is 15.6. The summed E-state index contributed by atoms with van der Waals surface area (Å²) in [5, 5.41) is 19.5. The van der Waals surface area contributed by atoms with Crippen LogP contribution in [0.2, 0.25) is 0 Å². The van der Waals surface area contributed by atoms with Gasteiger partial charge in [-0.25, -0.2) is 9.59 Å². The number of amides is 1. The van der Waals surface area contributed by atoms with Crippen LogP contribution in [0, 0.1) is 11.8 Å². The van der Waals surface area contributed by atoms with E-state index in [-0.39, 0.29) is 12.3 Å². The molecule has 2 rings (SSSR count). The normalized spacial score (nSPS) is 11.6. The highest BCUT2D eigenvalue weighted by atomic mass is 16.4. The molecule has 0 radical (unpaired) electrons. The van der Waals surface area contributed by atoms with Crippen LogP contribution in [0.1, 0.15) is 24.4 Å². The third kappa shape index (κ3) is 3.10. The Kier molecular flexibility index (Phi) is 4.49. The summed E-state index contributed by atoms with van der Waals surface area (Å²) in [6.45, 7) is 1.48. The molecule has 0 aliphatic rings. The zero-order valence-corrected chi connectivity index (χ0v) is 12.2. The highest BCUT2D eigenvalue weighted by molar-refractivity contribution is 5.87. The minimum absolute atomic E-state index is 0.00202. The molecule has 22 heavy (non-hydrogen) atoms. The second kappa shape index (κ2) is 6.33. The molecule has 1 amide bonds. The second-order valence-corrected chi connectivity index (χ2v) is 4.79. The molecule has 1 aromatic heterocycles. The lowest BCUT2D eigenvalue weighted by Crippen LogP contribution is -2.24. The van der Waals surface area contributed by atoms with Crippen molar-refractivity contribution in [1.29, 1.82) is 0 Å². The summed E-state index contributed by atoms with van der Waals surface area (Å²) in [4.78, 5) is 23.7. The third-order valence-corrected chi connectivity index (χ3v) is 3.10. The van der Waals surface area contributed by atoms with Crippen LogP contribution in [-0.2, 0) is 0 Å². The van der Waals surface area contributed by atoms with E-state index in [0.29, 0.717) is 16.3 Å². The maximum absolute atomic E-state index is 11.9. The van der Waals surface area contributed by atoms with E-state index in [9.17, 15) is 14.7 Å². The highest BCUT2D eigenvalue weighted by Gasteiger charge is 2.15. The number of fused-ring (bicyclic) bond motifs is 1. The number of hydrogen-bond acceptors (Lipinski definition) is 4. The van der Waals surface area contributed by atoms with Gasteiger partial charge in [-0.3, -0.25) is 0 Å². The van der Waals surface area contributed by atoms with Crippen LogP contribution >= 0.6 is 0 Å². The van der Waals surface area contributed by atoms with Gasteiger partial charge in [0.25, 0.3) is 0 Å². The minimum atomic E-state index is -1.09. The number of carboxylic acid groups (broad SMARTS) is 1. The van der Waals surface area contributed by atoms with Crippen LogP contribution in [0.4, 0.5) is 4.79 Å². The number of benzene rings is 1.